The third-order valence-corrected chi connectivity index (χ3v) is 2.91. The molecule has 0 unspecified atom stereocenters. The lowest BCUT2D eigenvalue weighted by Crippen LogP contribution is -2.19. The SMILES string of the molecule is Cc1ccc(F)c(NCc2ccc(OCC(N)=O)cc2)c1. The van der Waals surface area contributed by atoms with Crippen molar-refractivity contribution in [3.8, 4) is 5.75 Å². The van der Waals surface area contributed by atoms with Crippen LogP contribution in [0.1, 0.15) is 11.1 Å². The molecular formula is C16H17FN2O2. The van der Waals surface area contributed by atoms with Gasteiger partial charge in [-0.05, 0) is 42.3 Å². The largest absolute Gasteiger partial charge is 0.484 e. The Balaban J connectivity index is 1.94. The highest BCUT2D eigenvalue weighted by molar-refractivity contribution is 5.75. The number of primary amides is 1. The molecule has 5 heteroatoms. The van der Waals surface area contributed by atoms with Crippen LogP contribution in [0.2, 0.25) is 0 Å². The molecule has 0 radical (unpaired) electrons. The molecule has 0 aromatic heterocycles. The molecule has 110 valence electrons. The van der Waals surface area contributed by atoms with Crippen LogP contribution in [0.5, 0.6) is 5.75 Å². The average Bonchev–Trinajstić information content (AvgIpc) is 2.47. The fourth-order valence-corrected chi connectivity index (χ4v) is 1.83. The van der Waals surface area contributed by atoms with Gasteiger partial charge >= 0.3 is 0 Å². The second kappa shape index (κ2) is 6.74. The predicted octanol–water partition coefficient (Wildman–Crippen LogP) is 2.61. The summed E-state index contributed by atoms with van der Waals surface area (Å²) in [4.78, 5) is 10.6. The van der Waals surface area contributed by atoms with Crippen molar-refractivity contribution < 1.29 is 13.9 Å². The van der Waals surface area contributed by atoms with E-state index in [1.807, 2.05) is 19.1 Å². The number of nitrogens with one attached hydrogen (secondary N) is 1. The average molecular weight is 288 g/mol. The van der Waals surface area contributed by atoms with Crippen LogP contribution in [0.4, 0.5) is 10.1 Å². The number of amides is 1. The van der Waals surface area contributed by atoms with Gasteiger partial charge in [0.15, 0.2) is 6.61 Å². The molecule has 0 saturated heterocycles. The van der Waals surface area contributed by atoms with E-state index in [1.54, 1.807) is 24.3 Å². The van der Waals surface area contributed by atoms with Gasteiger partial charge in [0.2, 0.25) is 0 Å². The highest BCUT2D eigenvalue weighted by atomic mass is 19.1. The van der Waals surface area contributed by atoms with E-state index in [2.05, 4.69) is 5.32 Å². The lowest BCUT2D eigenvalue weighted by atomic mass is 10.2. The molecule has 0 aliphatic heterocycles. The number of anilines is 1. The molecule has 0 fully saturated rings. The van der Waals surface area contributed by atoms with Crippen LogP contribution in [0.25, 0.3) is 0 Å². The summed E-state index contributed by atoms with van der Waals surface area (Å²) >= 11 is 0. The molecular weight excluding hydrogens is 271 g/mol. The fourth-order valence-electron chi connectivity index (χ4n) is 1.83. The van der Waals surface area contributed by atoms with E-state index in [-0.39, 0.29) is 12.4 Å². The third-order valence-electron chi connectivity index (χ3n) is 2.91. The molecule has 2 aromatic rings. The van der Waals surface area contributed by atoms with Gasteiger partial charge < -0.3 is 15.8 Å². The van der Waals surface area contributed by atoms with Gasteiger partial charge in [0.1, 0.15) is 11.6 Å². The number of hydrogen-bond donors (Lipinski definition) is 2. The van der Waals surface area contributed by atoms with E-state index in [4.69, 9.17) is 10.5 Å². The van der Waals surface area contributed by atoms with Crippen molar-refractivity contribution in [2.75, 3.05) is 11.9 Å². The molecule has 0 bridgehead atoms. The summed E-state index contributed by atoms with van der Waals surface area (Å²) in [7, 11) is 0. The number of rotatable bonds is 6. The highest BCUT2D eigenvalue weighted by Crippen LogP contribution is 2.18. The van der Waals surface area contributed by atoms with Crippen LogP contribution < -0.4 is 15.8 Å². The fraction of sp³-hybridized carbons (Fsp3) is 0.188. The summed E-state index contributed by atoms with van der Waals surface area (Å²) in [6, 6.07) is 12.1. The summed E-state index contributed by atoms with van der Waals surface area (Å²) in [5, 5.41) is 3.05. The van der Waals surface area contributed by atoms with Crippen molar-refractivity contribution in [1.29, 1.82) is 0 Å². The van der Waals surface area contributed by atoms with Crippen molar-refractivity contribution in [3.63, 3.8) is 0 Å². The first-order valence-corrected chi connectivity index (χ1v) is 6.54. The Morgan fingerprint density at radius 2 is 1.95 bits per heavy atom. The Bertz CT molecular complexity index is 627. The quantitative estimate of drug-likeness (QED) is 0.858. The first kappa shape index (κ1) is 14.8. The van der Waals surface area contributed by atoms with Crippen molar-refractivity contribution in [2.45, 2.75) is 13.5 Å². The number of carbonyl (C=O) groups excluding carboxylic acids is 1. The second-order valence-corrected chi connectivity index (χ2v) is 4.74. The molecule has 1 amide bonds. The van der Waals surface area contributed by atoms with Crippen LogP contribution in [0.15, 0.2) is 42.5 Å². The van der Waals surface area contributed by atoms with Gasteiger partial charge in [0.25, 0.3) is 5.91 Å². The maximum absolute atomic E-state index is 13.6. The standard InChI is InChI=1S/C16H17FN2O2/c1-11-2-7-14(17)15(8-11)19-9-12-3-5-13(6-4-12)21-10-16(18)20/h2-8,19H,9-10H2,1H3,(H2,18,20). The smallest absolute Gasteiger partial charge is 0.255 e. The Morgan fingerprint density at radius 1 is 1.24 bits per heavy atom. The normalized spacial score (nSPS) is 10.2. The van der Waals surface area contributed by atoms with Crippen molar-refractivity contribution in [1.82, 2.24) is 0 Å². The van der Waals surface area contributed by atoms with Crippen LogP contribution in [0, 0.1) is 12.7 Å². The minimum Gasteiger partial charge on any atom is -0.484 e. The number of aryl methyl sites for hydroxylation is 1. The molecule has 0 spiro atoms. The lowest BCUT2D eigenvalue weighted by Gasteiger charge is -2.09. The topological polar surface area (TPSA) is 64.3 Å². The van der Waals surface area contributed by atoms with E-state index in [1.165, 1.54) is 6.07 Å². The molecule has 2 rings (SSSR count). The number of nitrogens with two attached hydrogens (primary N) is 1. The number of benzene rings is 2. The number of carbonyl (C=O) groups is 1. The maximum atomic E-state index is 13.6. The van der Waals surface area contributed by atoms with Crippen LogP contribution >= 0.6 is 0 Å². The summed E-state index contributed by atoms with van der Waals surface area (Å²) in [6.07, 6.45) is 0. The van der Waals surface area contributed by atoms with Gasteiger partial charge in [-0.25, -0.2) is 4.39 Å². The van der Waals surface area contributed by atoms with Crippen molar-refractivity contribution in [3.05, 3.63) is 59.4 Å². The minimum atomic E-state index is -0.518. The van der Waals surface area contributed by atoms with Gasteiger partial charge in [-0.3, -0.25) is 4.79 Å². The van der Waals surface area contributed by atoms with Gasteiger partial charge in [0, 0.05) is 6.54 Å². The molecule has 21 heavy (non-hydrogen) atoms. The Kier molecular flexibility index (Phi) is 4.77. The van der Waals surface area contributed by atoms with Crippen LogP contribution in [0.3, 0.4) is 0 Å². The Hall–Kier alpha value is -2.56. The second-order valence-electron chi connectivity index (χ2n) is 4.74. The van der Waals surface area contributed by atoms with Crippen LogP contribution in [-0.4, -0.2) is 12.5 Å². The number of ether oxygens (including phenoxy) is 1. The zero-order valence-electron chi connectivity index (χ0n) is 11.7. The molecule has 0 atom stereocenters. The minimum absolute atomic E-state index is 0.147. The van der Waals surface area contributed by atoms with E-state index < -0.39 is 5.91 Å². The molecule has 2 aromatic carbocycles. The summed E-state index contributed by atoms with van der Waals surface area (Å²) in [5.74, 6) is -0.225. The Morgan fingerprint density at radius 3 is 2.62 bits per heavy atom. The summed E-state index contributed by atoms with van der Waals surface area (Å²) < 4.78 is 18.8. The first-order chi connectivity index (χ1) is 10.0. The molecule has 0 saturated carbocycles. The van der Waals surface area contributed by atoms with Crippen molar-refractivity contribution in [2.24, 2.45) is 5.73 Å². The zero-order chi connectivity index (χ0) is 15.2. The Labute approximate surface area is 122 Å². The van der Waals surface area contributed by atoms with E-state index in [0.717, 1.165) is 11.1 Å². The van der Waals surface area contributed by atoms with Gasteiger partial charge in [-0.15, -0.1) is 0 Å². The molecule has 3 N–H and O–H groups in total. The van der Waals surface area contributed by atoms with Gasteiger partial charge in [-0.2, -0.15) is 0 Å². The lowest BCUT2D eigenvalue weighted by molar-refractivity contribution is -0.119. The molecule has 4 nitrogen and oxygen atoms in total. The predicted molar refractivity (Wildman–Crippen MR) is 79.6 cm³/mol. The highest BCUT2D eigenvalue weighted by Gasteiger charge is 2.02. The molecule has 0 aliphatic rings. The summed E-state index contributed by atoms with van der Waals surface area (Å²) in [6.45, 7) is 2.26. The van der Waals surface area contributed by atoms with Crippen molar-refractivity contribution >= 4 is 11.6 Å². The van der Waals surface area contributed by atoms with E-state index in [9.17, 15) is 9.18 Å². The molecule has 0 aliphatic carbocycles. The third kappa shape index (κ3) is 4.49. The maximum Gasteiger partial charge on any atom is 0.255 e. The molecule has 0 heterocycles. The monoisotopic (exact) mass is 288 g/mol. The summed E-state index contributed by atoms with van der Waals surface area (Å²) in [5.41, 5.74) is 7.44. The van der Waals surface area contributed by atoms with Gasteiger partial charge in [-0.1, -0.05) is 18.2 Å². The first-order valence-electron chi connectivity index (χ1n) is 6.54. The zero-order valence-corrected chi connectivity index (χ0v) is 11.7. The van der Waals surface area contributed by atoms with E-state index >= 15 is 0 Å². The van der Waals surface area contributed by atoms with E-state index in [0.29, 0.717) is 18.0 Å². The number of hydrogen-bond acceptors (Lipinski definition) is 3. The van der Waals surface area contributed by atoms with Crippen LogP contribution in [-0.2, 0) is 11.3 Å². The number of halogens is 1. The van der Waals surface area contributed by atoms with Gasteiger partial charge in [0.05, 0.1) is 5.69 Å².